The summed E-state index contributed by atoms with van der Waals surface area (Å²) in [6, 6.07) is -0.712. The number of hydrogen-bond donors (Lipinski definition) is 3. The van der Waals surface area contributed by atoms with Gasteiger partial charge in [0, 0.05) is 6.42 Å². The summed E-state index contributed by atoms with van der Waals surface area (Å²) in [6.07, 6.45) is 54.6. The van der Waals surface area contributed by atoms with E-state index in [4.69, 9.17) is 4.74 Å². The Kier molecular flexibility index (Phi) is 44.2. The average Bonchev–Trinajstić information content (AvgIpc) is 3.22. The van der Waals surface area contributed by atoms with E-state index in [2.05, 4.69) is 74.7 Å². The van der Waals surface area contributed by atoms with Crippen LogP contribution in [-0.4, -0.2) is 46.9 Å². The summed E-state index contributed by atoms with van der Waals surface area (Å²) in [5.41, 5.74) is 0. The maximum atomic E-state index is 13.1. The number of aliphatic hydroxyl groups excluding tert-OH is 2. The Morgan fingerprint density at radius 2 is 0.897 bits per heavy atom. The molecule has 0 aromatic heterocycles. The van der Waals surface area contributed by atoms with Crippen LogP contribution in [0.1, 0.15) is 245 Å². The molecule has 0 aliphatic rings. The lowest BCUT2D eigenvalue weighted by Gasteiger charge is -2.24. The van der Waals surface area contributed by atoms with Crippen molar-refractivity contribution in [3.63, 3.8) is 0 Å². The fraction of sp³-hybridized carbons (Fsp3) is 0.808. The molecule has 0 saturated heterocycles. The van der Waals surface area contributed by atoms with Crippen LogP contribution in [0.4, 0.5) is 0 Å². The SMILES string of the molecule is CCCCC/C=C\C/C=C\C/C=C\CCCCCCC(=O)OC(CCC/C=C\CCCCCCCCC)CC(=O)NC(CO)C(O)CCCCCCCCCCCC. The number of nitrogens with one attached hydrogen (secondary N) is 1. The predicted molar refractivity (Wildman–Crippen MR) is 250 cm³/mol. The van der Waals surface area contributed by atoms with Crippen molar-refractivity contribution in [1.82, 2.24) is 5.32 Å². The van der Waals surface area contributed by atoms with Gasteiger partial charge in [-0.2, -0.15) is 0 Å². The van der Waals surface area contributed by atoms with Crippen LogP contribution in [-0.2, 0) is 14.3 Å². The maximum Gasteiger partial charge on any atom is 0.306 e. The van der Waals surface area contributed by atoms with Gasteiger partial charge < -0.3 is 20.3 Å². The molecule has 3 atom stereocenters. The predicted octanol–water partition coefficient (Wildman–Crippen LogP) is 14.7. The topological polar surface area (TPSA) is 95.9 Å². The van der Waals surface area contributed by atoms with Crippen LogP contribution in [0.5, 0.6) is 0 Å². The lowest BCUT2D eigenvalue weighted by molar-refractivity contribution is -0.151. The van der Waals surface area contributed by atoms with Crippen molar-refractivity contribution in [2.24, 2.45) is 0 Å². The lowest BCUT2D eigenvalue weighted by atomic mass is 10.0. The molecule has 0 radical (unpaired) electrons. The molecule has 0 aliphatic heterocycles. The molecule has 0 aromatic rings. The van der Waals surface area contributed by atoms with Crippen LogP contribution in [0.2, 0.25) is 0 Å². The van der Waals surface area contributed by atoms with Gasteiger partial charge in [0.25, 0.3) is 0 Å². The van der Waals surface area contributed by atoms with E-state index in [1.165, 1.54) is 116 Å². The minimum atomic E-state index is -0.796. The molecule has 6 nitrogen and oxygen atoms in total. The highest BCUT2D eigenvalue weighted by Gasteiger charge is 2.24. The molecule has 6 heteroatoms. The van der Waals surface area contributed by atoms with Crippen LogP contribution in [0.15, 0.2) is 48.6 Å². The van der Waals surface area contributed by atoms with Gasteiger partial charge in [-0.15, -0.1) is 0 Å². The Morgan fingerprint density at radius 1 is 0.500 bits per heavy atom. The van der Waals surface area contributed by atoms with E-state index in [9.17, 15) is 19.8 Å². The zero-order chi connectivity index (χ0) is 42.4. The largest absolute Gasteiger partial charge is 0.462 e. The van der Waals surface area contributed by atoms with Crippen molar-refractivity contribution in [1.29, 1.82) is 0 Å². The first kappa shape index (κ1) is 55.8. The van der Waals surface area contributed by atoms with Crippen LogP contribution >= 0.6 is 0 Å². The molecular weight excluding hydrogens is 719 g/mol. The zero-order valence-electron chi connectivity index (χ0n) is 38.4. The molecule has 0 heterocycles. The van der Waals surface area contributed by atoms with Crippen molar-refractivity contribution in [2.45, 2.75) is 264 Å². The molecule has 0 bridgehead atoms. The average molecular weight is 814 g/mol. The van der Waals surface area contributed by atoms with Gasteiger partial charge in [0.2, 0.25) is 5.91 Å². The van der Waals surface area contributed by atoms with E-state index >= 15 is 0 Å². The van der Waals surface area contributed by atoms with Crippen LogP contribution in [0.25, 0.3) is 0 Å². The van der Waals surface area contributed by atoms with E-state index in [0.717, 1.165) is 83.5 Å². The van der Waals surface area contributed by atoms with E-state index < -0.39 is 18.2 Å². The summed E-state index contributed by atoms with van der Waals surface area (Å²) in [7, 11) is 0. The first-order valence-electron chi connectivity index (χ1n) is 24.9. The standard InChI is InChI=1S/C52H95NO5/c1-4-7-10-13-16-19-22-24-25-26-27-28-30-33-36-39-42-45-52(57)58-48(43-40-37-34-31-29-23-20-17-14-11-8-5-2)46-51(56)53-49(47-54)50(55)44-41-38-35-32-21-18-15-12-9-6-3/h16,19,24-25,27-28,31,34,48-50,54-55H,4-15,17-18,20-23,26,29-30,32-33,35-47H2,1-3H3,(H,53,56)/b19-16-,25-24-,28-27-,34-31-. The molecule has 0 saturated carbocycles. The summed E-state index contributed by atoms with van der Waals surface area (Å²) < 4.78 is 5.89. The fourth-order valence-electron chi connectivity index (χ4n) is 7.32. The minimum Gasteiger partial charge on any atom is -0.462 e. The first-order valence-corrected chi connectivity index (χ1v) is 24.9. The molecule has 0 aromatic carbocycles. The zero-order valence-corrected chi connectivity index (χ0v) is 38.4. The number of allylic oxidation sites excluding steroid dienone is 8. The van der Waals surface area contributed by atoms with Gasteiger partial charge in [-0.3, -0.25) is 9.59 Å². The summed E-state index contributed by atoms with van der Waals surface area (Å²) in [5.74, 6) is -0.527. The summed E-state index contributed by atoms with van der Waals surface area (Å²) in [5, 5.41) is 23.6. The summed E-state index contributed by atoms with van der Waals surface area (Å²) >= 11 is 0. The van der Waals surface area contributed by atoms with Crippen molar-refractivity contribution in [3.8, 4) is 0 Å². The number of esters is 1. The second kappa shape index (κ2) is 45.9. The van der Waals surface area contributed by atoms with Crippen molar-refractivity contribution < 1.29 is 24.5 Å². The number of unbranched alkanes of at least 4 members (excludes halogenated alkanes) is 24. The normalized spacial score (nSPS) is 13.7. The molecule has 0 aliphatic carbocycles. The maximum absolute atomic E-state index is 13.1. The van der Waals surface area contributed by atoms with Crippen LogP contribution < -0.4 is 5.32 Å². The third-order valence-corrected chi connectivity index (χ3v) is 11.1. The van der Waals surface area contributed by atoms with Gasteiger partial charge in [-0.25, -0.2) is 0 Å². The number of aliphatic hydroxyl groups is 2. The van der Waals surface area contributed by atoms with E-state index in [1.807, 2.05) is 0 Å². The van der Waals surface area contributed by atoms with Crippen molar-refractivity contribution >= 4 is 11.9 Å². The lowest BCUT2D eigenvalue weighted by Crippen LogP contribution is -2.46. The third kappa shape index (κ3) is 40.6. The van der Waals surface area contributed by atoms with Crippen LogP contribution in [0, 0.1) is 0 Å². The number of carbonyl (C=O) groups is 2. The van der Waals surface area contributed by atoms with E-state index in [1.54, 1.807) is 0 Å². The van der Waals surface area contributed by atoms with Gasteiger partial charge in [-0.05, 0) is 83.5 Å². The van der Waals surface area contributed by atoms with E-state index in [-0.39, 0.29) is 24.9 Å². The summed E-state index contributed by atoms with van der Waals surface area (Å²) in [4.78, 5) is 26.0. The number of ether oxygens (including phenoxy) is 1. The number of amides is 1. The monoisotopic (exact) mass is 814 g/mol. The highest BCUT2D eigenvalue weighted by atomic mass is 16.5. The van der Waals surface area contributed by atoms with Gasteiger partial charge in [-0.1, -0.05) is 198 Å². The van der Waals surface area contributed by atoms with Crippen LogP contribution in [0.3, 0.4) is 0 Å². The smallest absolute Gasteiger partial charge is 0.306 e. The molecule has 0 spiro atoms. The first-order chi connectivity index (χ1) is 28.5. The molecule has 0 rings (SSSR count). The van der Waals surface area contributed by atoms with Gasteiger partial charge in [0.15, 0.2) is 0 Å². The second-order valence-corrected chi connectivity index (χ2v) is 16.9. The highest BCUT2D eigenvalue weighted by Crippen LogP contribution is 2.16. The molecule has 1 amide bonds. The second-order valence-electron chi connectivity index (χ2n) is 16.9. The van der Waals surface area contributed by atoms with E-state index in [0.29, 0.717) is 19.3 Å². The van der Waals surface area contributed by atoms with Crippen molar-refractivity contribution in [3.05, 3.63) is 48.6 Å². The molecular formula is C52H95NO5. The molecule has 338 valence electrons. The molecule has 0 fully saturated rings. The summed E-state index contributed by atoms with van der Waals surface area (Å²) in [6.45, 7) is 6.42. The third-order valence-electron chi connectivity index (χ3n) is 11.1. The Bertz CT molecular complexity index is 1000. The highest BCUT2D eigenvalue weighted by molar-refractivity contribution is 5.77. The number of hydrogen-bond acceptors (Lipinski definition) is 5. The van der Waals surface area contributed by atoms with Crippen molar-refractivity contribution in [2.75, 3.05) is 6.61 Å². The van der Waals surface area contributed by atoms with Gasteiger partial charge >= 0.3 is 5.97 Å². The Labute approximate surface area is 359 Å². The Balaban J connectivity index is 4.63. The molecule has 58 heavy (non-hydrogen) atoms. The fourth-order valence-corrected chi connectivity index (χ4v) is 7.32. The quantitative estimate of drug-likeness (QED) is 0.0323. The van der Waals surface area contributed by atoms with Gasteiger partial charge in [0.1, 0.15) is 6.10 Å². The number of carbonyl (C=O) groups excluding carboxylic acids is 2. The molecule has 3 N–H and O–H groups in total. The molecule has 3 unspecified atom stereocenters. The Hall–Kier alpha value is -2.18. The minimum absolute atomic E-state index is 0.0478. The Morgan fingerprint density at radius 3 is 1.41 bits per heavy atom. The number of rotatable bonds is 44. The van der Waals surface area contributed by atoms with Gasteiger partial charge in [0.05, 0.1) is 25.2 Å².